The number of nitrogens with one attached hydrogen (secondary N) is 2. The molecule has 0 aliphatic carbocycles. The fraction of sp³-hybridized carbons (Fsp3) is 0.125. The topological polar surface area (TPSA) is 115 Å². The van der Waals surface area contributed by atoms with Gasteiger partial charge in [-0.2, -0.15) is 0 Å². The Morgan fingerprint density at radius 2 is 1.78 bits per heavy atom. The minimum atomic E-state index is -0.572. The van der Waals surface area contributed by atoms with Gasteiger partial charge in [-0.1, -0.05) is 71.4 Å². The molecule has 4 rings (SSSR count). The Bertz CT molecular complexity index is 1380. The van der Waals surface area contributed by atoms with Gasteiger partial charge in [-0.05, 0) is 36.8 Å². The van der Waals surface area contributed by atoms with Crippen LogP contribution in [0.25, 0.3) is 5.69 Å². The quantitative estimate of drug-likeness (QED) is 0.146. The Hall–Kier alpha value is -3.60. The first-order valence-electron chi connectivity index (χ1n) is 10.7. The maximum absolute atomic E-state index is 12.7. The SMILES string of the molecule is CC(NC(=O)Nc1cccc(Cl)c1Cl)c1nnc(SCc2ccccc2)n1-c1ccc([N+](=O)[O-])cc1. The van der Waals surface area contributed by atoms with Crippen molar-refractivity contribution in [1.82, 2.24) is 20.1 Å². The average Bonchev–Trinajstić information content (AvgIpc) is 3.30. The lowest BCUT2D eigenvalue weighted by Crippen LogP contribution is -2.32. The summed E-state index contributed by atoms with van der Waals surface area (Å²) in [6.07, 6.45) is 0. The van der Waals surface area contributed by atoms with Crippen LogP contribution in [-0.4, -0.2) is 25.7 Å². The van der Waals surface area contributed by atoms with E-state index in [1.165, 1.54) is 23.9 Å². The third-order valence-electron chi connectivity index (χ3n) is 5.12. The highest BCUT2D eigenvalue weighted by Crippen LogP contribution is 2.30. The number of nitro benzene ring substituents is 1. The second-order valence-corrected chi connectivity index (χ2v) is 9.37. The molecule has 3 aromatic carbocycles. The van der Waals surface area contributed by atoms with Gasteiger partial charge in [-0.15, -0.1) is 10.2 Å². The van der Waals surface area contributed by atoms with Crippen LogP contribution in [0.1, 0.15) is 24.4 Å². The summed E-state index contributed by atoms with van der Waals surface area (Å²) < 4.78 is 1.77. The summed E-state index contributed by atoms with van der Waals surface area (Å²) in [7, 11) is 0. The van der Waals surface area contributed by atoms with Crippen molar-refractivity contribution in [2.24, 2.45) is 0 Å². The van der Waals surface area contributed by atoms with E-state index in [0.717, 1.165) is 5.56 Å². The molecular weight excluding hydrogens is 523 g/mol. The Morgan fingerprint density at radius 1 is 1.06 bits per heavy atom. The van der Waals surface area contributed by atoms with Gasteiger partial charge in [0.1, 0.15) is 0 Å². The molecule has 2 amide bonds. The first-order valence-corrected chi connectivity index (χ1v) is 12.5. The van der Waals surface area contributed by atoms with Crippen molar-refractivity contribution in [3.63, 3.8) is 0 Å². The molecule has 1 heterocycles. The van der Waals surface area contributed by atoms with Crippen molar-refractivity contribution in [3.8, 4) is 5.69 Å². The molecule has 0 spiro atoms. The minimum Gasteiger partial charge on any atom is -0.328 e. The third kappa shape index (κ3) is 5.96. The Morgan fingerprint density at radius 3 is 2.47 bits per heavy atom. The predicted molar refractivity (Wildman–Crippen MR) is 141 cm³/mol. The molecule has 0 saturated heterocycles. The van der Waals surface area contributed by atoms with Crippen LogP contribution in [0.3, 0.4) is 0 Å². The first-order chi connectivity index (χ1) is 17.3. The Kier molecular flexibility index (Phi) is 8.09. The molecule has 0 aliphatic heterocycles. The van der Waals surface area contributed by atoms with Crippen LogP contribution in [0.5, 0.6) is 0 Å². The molecule has 9 nitrogen and oxygen atoms in total. The number of nitro groups is 1. The Labute approximate surface area is 221 Å². The normalized spacial score (nSPS) is 11.6. The molecule has 4 aromatic rings. The molecule has 12 heteroatoms. The van der Waals surface area contributed by atoms with Gasteiger partial charge in [0.15, 0.2) is 11.0 Å². The van der Waals surface area contributed by atoms with Crippen molar-refractivity contribution < 1.29 is 9.72 Å². The molecule has 0 saturated carbocycles. The number of urea groups is 1. The maximum atomic E-state index is 12.7. The van der Waals surface area contributed by atoms with Gasteiger partial charge in [0.25, 0.3) is 5.69 Å². The van der Waals surface area contributed by atoms with Crippen LogP contribution in [0.4, 0.5) is 16.2 Å². The summed E-state index contributed by atoms with van der Waals surface area (Å²) in [6, 6.07) is 19.8. The van der Waals surface area contributed by atoms with E-state index in [9.17, 15) is 14.9 Å². The number of non-ortho nitro benzene ring substituents is 1. The number of carbonyl (C=O) groups is 1. The van der Waals surface area contributed by atoms with Crippen LogP contribution in [0.2, 0.25) is 10.0 Å². The Balaban J connectivity index is 1.59. The number of amides is 2. The van der Waals surface area contributed by atoms with Crippen LogP contribution >= 0.6 is 35.0 Å². The van der Waals surface area contributed by atoms with Crippen molar-refractivity contribution in [3.05, 3.63) is 104 Å². The molecule has 1 unspecified atom stereocenters. The molecule has 0 radical (unpaired) electrons. The van der Waals surface area contributed by atoms with Gasteiger partial charge < -0.3 is 10.6 Å². The van der Waals surface area contributed by atoms with Crippen molar-refractivity contribution in [2.45, 2.75) is 23.9 Å². The summed E-state index contributed by atoms with van der Waals surface area (Å²) in [5, 5.41) is 26.4. The lowest BCUT2D eigenvalue weighted by Gasteiger charge is -2.17. The van der Waals surface area contributed by atoms with E-state index in [1.54, 1.807) is 41.8 Å². The summed E-state index contributed by atoms with van der Waals surface area (Å²) in [6.45, 7) is 1.76. The largest absolute Gasteiger partial charge is 0.328 e. The van der Waals surface area contributed by atoms with E-state index in [-0.39, 0.29) is 10.7 Å². The monoisotopic (exact) mass is 542 g/mol. The zero-order chi connectivity index (χ0) is 25.7. The van der Waals surface area contributed by atoms with Crippen LogP contribution in [-0.2, 0) is 5.75 Å². The van der Waals surface area contributed by atoms with Gasteiger partial charge in [0.05, 0.1) is 26.7 Å². The zero-order valence-electron chi connectivity index (χ0n) is 18.9. The number of hydrogen-bond donors (Lipinski definition) is 2. The smallest absolute Gasteiger partial charge is 0.319 e. The van der Waals surface area contributed by atoms with Gasteiger partial charge >= 0.3 is 6.03 Å². The van der Waals surface area contributed by atoms with Crippen LogP contribution < -0.4 is 10.6 Å². The summed E-state index contributed by atoms with van der Waals surface area (Å²) in [4.78, 5) is 23.3. The molecule has 0 fully saturated rings. The minimum absolute atomic E-state index is 0.0317. The maximum Gasteiger partial charge on any atom is 0.319 e. The standard InChI is InChI=1S/C24H20Cl2N6O3S/c1-15(27-23(33)28-20-9-5-8-19(25)21(20)26)22-29-30-24(36-14-16-6-3-2-4-7-16)31(22)17-10-12-18(13-11-17)32(34)35/h2-13,15H,14H2,1H3,(H2,27,28,33). The second kappa shape index (κ2) is 11.4. The highest BCUT2D eigenvalue weighted by molar-refractivity contribution is 7.98. The number of rotatable bonds is 8. The van der Waals surface area contributed by atoms with E-state index in [2.05, 4.69) is 20.8 Å². The predicted octanol–water partition coefficient (Wildman–Crippen LogP) is 6.66. The number of benzene rings is 3. The summed E-state index contributed by atoms with van der Waals surface area (Å²) >= 11 is 13.7. The molecule has 2 N–H and O–H groups in total. The number of thioether (sulfide) groups is 1. The number of anilines is 1. The van der Waals surface area contributed by atoms with Gasteiger partial charge in [-0.25, -0.2) is 4.79 Å². The fourth-order valence-electron chi connectivity index (χ4n) is 3.36. The van der Waals surface area contributed by atoms with E-state index < -0.39 is 17.0 Å². The number of hydrogen-bond acceptors (Lipinski definition) is 6. The van der Waals surface area contributed by atoms with Crippen LogP contribution in [0, 0.1) is 10.1 Å². The van der Waals surface area contributed by atoms with Crippen LogP contribution in [0.15, 0.2) is 78.0 Å². The second-order valence-electron chi connectivity index (χ2n) is 7.65. The lowest BCUT2D eigenvalue weighted by atomic mass is 10.2. The highest BCUT2D eigenvalue weighted by atomic mass is 35.5. The average molecular weight is 543 g/mol. The molecule has 1 atom stereocenters. The van der Waals surface area contributed by atoms with Gasteiger partial charge in [0, 0.05) is 23.6 Å². The number of nitrogens with zero attached hydrogens (tertiary/aromatic N) is 4. The van der Waals surface area contributed by atoms with Crippen molar-refractivity contribution in [2.75, 3.05) is 5.32 Å². The van der Waals surface area contributed by atoms with E-state index >= 15 is 0 Å². The third-order valence-corrected chi connectivity index (χ3v) is 6.94. The first kappa shape index (κ1) is 25.5. The van der Waals surface area contributed by atoms with Gasteiger partial charge in [0.2, 0.25) is 0 Å². The molecular formula is C24H20Cl2N6O3S. The van der Waals surface area contributed by atoms with Crippen molar-refractivity contribution in [1.29, 1.82) is 0 Å². The molecule has 0 aliphatic rings. The fourth-order valence-corrected chi connectivity index (χ4v) is 4.63. The van der Waals surface area contributed by atoms with Gasteiger partial charge in [-0.3, -0.25) is 14.7 Å². The van der Waals surface area contributed by atoms with E-state index in [0.29, 0.717) is 33.1 Å². The molecule has 1 aromatic heterocycles. The van der Waals surface area contributed by atoms with Crippen molar-refractivity contribution >= 4 is 52.4 Å². The van der Waals surface area contributed by atoms with E-state index in [4.69, 9.17) is 23.2 Å². The highest BCUT2D eigenvalue weighted by Gasteiger charge is 2.22. The zero-order valence-corrected chi connectivity index (χ0v) is 21.2. The number of aromatic nitrogens is 3. The molecule has 36 heavy (non-hydrogen) atoms. The number of carbonyl (C=O) groups excluding carboxylic acids is 1. The number of halogens is 2. The molecule has 184 valence electrons. The summed E-state index contributed by atoms with van der Waals surface area (Å²) in [5.74, 6) is 1.09. The molecule has 0 bridgehead atoms. The summed E-state index contributed by atoms with van der Waals surface area (Å²) in [5.41, 5.74) is 2.06. The lowest BCUT2D eigenvalue weighted by molar-refractivity contribution is -0.384. The van der Waals surface area contributed by atoms with E-state index in [1.807, 2.05) is 30.3 Å².